The summed E-state index contributed by atoms with van der Waals surface area (Å²) >= 11 is 0. The number of aromatic nitrogens is 2. The zero-order valence-electron chi connectivity index (χ0n) is 11.7. The number of piperidine rings is 1. The smallest absolute Gasteiger partial charge is 0.275 e. The van der Waals surface area contributed by atoms with Crippen LogP contribution in [-0.4, -0.2) is 39.5 Å². The summed E-state index contributed by atoms with van der Waals surface area (Å²) < 4.78 is 1.72. The molecule has 0 spiro atoms. The topological polar surface area (TPSA) is 55.2 Å². The van der Waals surface area contributed by atoms with Crippen molar-refractivity contribution in [2.75, 3.05) is 13.1 Å². The molecule has 0 saturated carbocycles. The molecule has 0 aliphatic carbocycles. The molecule has 1 aromatic carbocycles. The maximum atomic E-state index is 12.6. The number of hydrogen-bond acceptors (Lipinski definition) is 3. The number of carbonyl (C=O) groups is 2. The first-order chi connectivity index (χ1) is 9.58. The summed E-state index contributed by atoms with van der Waals surface area (Å²) in [7, 11) is 1.83. The van der Waals surface area contributed by atoms with Crippen molar-refractivity contribution in [3.63, 3.8) is 0 Å². The Morgan fingerprint density at radius 2 is 2.10 bits per heavy atom. The number of para-hydroxylation sites is 1. The Labute approximate surface area is 117 Å². The number of hydrogen-bond donors (Lipinski definition) is 0. The van der Waals surface area contributed by atoms with Gasteiger partial charge >= 0.3 is 0 Å². The van der Waals surface area contributed by atoms with Crippen LogP contribution >= 0.6 is 0 Å². The number of ketones is 1. The Morgan fingerprint density at radius 1 is 1.35 bits per heavy atom. The van der Waals surface area contributed by atoms with Gasteiger partial charge in [-0.1, -0.05) is 25.1 Å². The minimum Gasteiger partial charge on any atom is -0.336 e. The van der Waals surface area contributed by atoms with Gasteiger partial charge in [-0.25, -0.2) is 0 Å². The van der Waals surface area contributed by atoms with Crippen LogP contribution in [0.1, 0.15) is 23.8 Å². The monoisotopic (exact) mass is 271 g/mol. The molecule has 20 heavy (non-hydrogen) atoms. The number of benzene rings is 1. The molecule has 2 aromatic rings. The molecular weight excluding hydrogens is 254 g/mol. The zero-order chi connectivity index (χ0) is 14.3. The van der Waals surface area contributed by atoms with E-state index in [0.29, 0.717) is 25.2 Å². The highest BCUT2D eigenvalue weighted by molar-refractivity contribution is 6.05. The van der Waals surface area contributed by atoms with Gasteiger partial charge in [0.1, 0.15) is 5.78 Å². The Hall–Kier alpha value is -2.17. The van der Waals surface area contributed by atoms with E-state index in [2.05, 4.69) is 5.10 Å². The van der Waals surface area contributed by atoms with E-state index in [1.54, 1.807) is 9.58 Å². The van der Waals surface area contributed by atoms with Crippen molar-refractivity contribution in [1.82, 2.24) is 14.7 Å². The van der Waals surface area contributed by atoms with E-state index in [0.717, 1.165) is 10.9 Å². The van der Waals surface area contributed by atoms with E-state index in [4.69, 9.17) is 0 Å². The van der Waals surface area contributed by atoms with Crippen LogP contribution in [0.5, 0.6) is 0 Å². The molecule has 1 aliphatic heterocycles. The van der Waals surface area contributed by atoms with Crippen molar-refractivity contribution >= 4 is 22.6 Å². The lowest BCUT2D eigenvalue weighted by Crippen LogP contribution is -2.43. The van der Waals surface area contributed by atoms with Crippen molar-refractivity contribution in [2.24, 2.45) is 13.0 Å². The lowest BCUT2D eigenvalue weighted by Gasteiger charge is -2.29. The van der Waals surface area contributed by atoms with E-state index in [1.165, 1.54) is 0 Å². The van der Waals surface area contributed by atoms with Crippen molar-refractivity contribution in [3.05, 3.63) is 30.0 Å². The van der Waals surface area contributed by atoms with Crippen molar-refractivity contribution in [3.8, 4) is 0 Å². The van der Waals surface area contributed by atoms with Gasteiger partial charge < -0.3 is 4.90 Å². The van der Waals surface area contributed by atoms with E-state index in [9.17, 15) is 9.59 Å². The molecule has 5 heteroatoms. The van der Waals surface area contributed by atoms with Crippen LogP contribution < -0.4 is 0 Å². The lowest BCUT2D eigenvalue weighted by molar-refractivity contribution is -0.124. The number of likely N-dealkylation sites (tertiary alicyclic amines) is 1. The molecule has 1 amide bonds. The van der Waals surface area contributed by atoms with Crippen LogP contribution in [0.3, 0.4) is 0 Å². The first-order valence-electron chi connectivity index (χ1n) is 6.81. The minimum atomic E-state index is -0.0823. The molecule has 1 aliphatic rings. The molecular formula is C15H17N3O2. The molecule has 2 heterocycles. The first-order valence-corrected chi connectivity index (χ1v) is 6.81. The van der Waals surface area contributed by atoms with Crippen LogP contribution in [0.15, 0.2) is 24.3 Å². The third-order valence-corrected chi connectivity index (χ3v) is 3.92. The molecule has 0 N–H and O–H groups in total. The molecule has 3 rings (SSSR count). The summed E-state index contributed by atoms with van der Waals surface area (Å²) in [5, 5.41) is 5.21. The third kappa shape index (κ3) is 1.99. The van der Waals surface area contributed by atoms with Crippen molar-refractivity contribution < 1.29 is 9.59 Å². The summed E-state index contributed by atoms with van der Waals surface area (Å²) in [6.45, 7) is 2.85. The Morgan fingerprint density at radius 3 is 2.85 bits per heavy atom. The number of aryl methyl sites for hydroxylation is 1. The molecule has 1 atom stereocenters. The van der Waals surface area contributed by atoms with Crippen LogP contribution in [-0.2, 0) is 11.8 Å². The van der Waals surface area contributed by atoms with E-state index in [1.807, 2.05) is 38.2 Å². The number of amides is 1. The predicted molar refractivity (Wildman–Crippen MR) is 75.4 cm³/mol. The largest absolute Gasteiger partial charge is 0.336 e. The number of nitrogens with zero attached hydrogens (tertiary/aromatic N) is 3. The van der Waals surface area contributed by atoms with Gasteiger partial charge in [0, 0.05) is 37.9 Å². The maximum absolute atomic E-state index is 12.6. The summed E-state index contributed by atoms with van der Waals surface area (Å²) in [4.78, 5) is 25.9. The summed E-state index contributed by atoms with van der Waals surface area (Å²) in [5.41, 5.74) is 1.42. The molecule has 0 bridgehead atoms. The quantitative estimate of drug-likeness (QED) is 0.792. The molecule has 1 saturated heterocycles. The molecule has 5 nitrogen and oxygen atoms in total. The zero-order valence-corrected chi connectivity index (χ0v) is 11.7. The lowest BCUT2D eigenvalue weighted by atomic mass is 9.98. The minimum absolute atomic E-state index is 0.0809. The van der Waals surface area contributed by atoms with E-state index >= 15 is 0 Å². The van der Waals surface area contributed by atoms with Gasteiger partial charge in [-0.2, -0.15) is 5.10 Å². The van der Waals surface area contributed by atoms with Crippen LogP contribution in [0.4, 0.5) is 0 Å². The molecule has 1 fully saturated rings. The average Bonchev–Trinajstić information content (AvgIpc) is 2.79. The Kier molecular flexibility index (Phi) is 3.04. The molecule has 1 aromatic heterocycles. The Bertz CT molecular complexity index is 689. The van der Waals surface area contributed by atoms with Gasteiger partial charge in [-0.05, 0) is 6.07 Å². The van der Waals surface area contributed by atoms with E-state index in [-0.39, 0.29) is 17.6 Å². The number of rotatable bonds is 1. The van der Waals surface area contributed by atoms with Crippen LogP contribution in [0.25, 0.3) is 10.9 Å². The summed E-state index contributed by atoms with van der Waals surface area (Å²) in [6, 6.07) is 7.69. The van der Waals surface area contributed by atoms with Gasteiger partial charge in [-0.3, -0.25) is 14.3 Å². The second kappa shape index (κ2) is 4.74. The normalized spacial score (nSPS) is 19.6. The molecule has 0 radical (unpaired) electrons. The highest BCUT2D eigenvalue weighted by Crippen LogP contribution is 2.21. The molecule has 1 unspecified atom stereocenters. The highest BCUT2D eigenvalue weighted by Gasteiger charge is 2.29. The number of carbonyl (C=O) groups excluding carboxylic acids is 2. The fourth-order valence-corrected chi connectivity index (χ4v) is 2.72. The maximum Gasteiger partial charge on any atom is 0.275 e. The first kappa shape index (κ1) is 12.8. The van der Waals surface area contributed by atoms with Gasteiger partial charge in [0.15, 0.2) is 5.69 Å². The Balaban J connectivity index is 1.95. The van der Waals surface area contributed by atoms with Gasteiger partial charge in [0.05, 0.1) is 5.52 Å². The highest BCUT2D eigenvalue weighted by atomic mass is 16.2. The fourth-order valence-electron chi connectivity index (χ4n) is 2.72. The molecule has 104 valence electrons. The number of fused-ring (bicyclic) bond motifs is 1. The standard InChI is InChI=1S/C15H17N3O2/c1-10-9-18(8-7-13(10)19)15(20)14-11-5-3-4-6-12(11)17(2)16-14/h3-6,10H,7-9H2,1-2H3. The predicted octanol–water partition coefficient (Wildman–Crippen LogP) is 1.62. The average molecular weight is 271 g/mol. The van der Waals surface area contributed by atoms with Crippen LogP contribution in [0.2, 0.25) is 0 Å². The van der Waals surface area contributed by atoms with Gasteiger partial charge in [0.25, 0.3) is 5.91 Å². The van der Waals surface area contributed by atoms with Gasteiger partial charge in [-0.15, -0.1) is 0 Å². The van der Waals surface area contributed by atoms with Crippen LogP contribution in [0, 0.1) is 5.92 Å². The second-order valence-electron chi connectivity index (χ2n) is 5.36. The van der Waals surface area contributed by atoms with Crippen molar-refractivity contribution in [2.45, 2.75) is 13.3 Å². The SMILES string of the molecule is CC1CN(C(=O)c2nn(C)c3ccccc23)CCC1=O. The summed E-state index contributed by atoms with van der Waals surface area (Å²) in [5.74, 6) is 0.0729. The number of Topliss-reactive ketones (excluding diaryl/α,β-unsaturated/α-hetero) is 1. The van der Waals surface area contributed by atoms with Gasteiger partial charge in [0.2, 0.25) is 0 Å². The third-order valence-electron chi connectivity index (χ3n) is 3.92. The van der Waals surface area contributed by atoms with E-state index < -0.39 is 0 Å². The summed E-state index contributed by atoms with van der Waals surface area (Å²) in [6.07, 6.45) is 0.442. The second-order valence-corrected chi connectivity index (χ2v) is 5.36. The van der Waals surface area contributed by atoms with Crippen molar-refractivity contribution in [1.29, 1.82) is 0 Å². The fraction of sp³-hybridized carbons (Fsp3) is 0.400.